The molecule has 0 aromatic heterocycles. The average Bonchev–Trinajstić information content (AvgIpc) is 2.72. The number of ether oxygens (including phenoxy) is 1. The molecule has 0 saturated carbocycles. The molecule has 1 aliphatic heterocycles. The van der Waals surface area contributed by atoms with Crippen molar-refractivity contribution in [3.8, 4) is 0 Å². The van der Waals surface area contributed by atoms with E-state index in [0.717, 1.165) is 63.5 Å². The number of hydrogen-bond acceptors (Lipinski definition) is 4. The Labute approximate surface area is 192 Å². The number of nitrogens with zero attached hydrogens (tertiary/aromatic N) is 2. The zero-order chi connectivity index (χ0) is 20.2. The SMILES string of the molecule is CCNC(=NCc1cccc(S(=O)(=O)N2CCCCC2)c1)NCCCOCC.I. The lowest BCUT2D eigenvalue weighted by atomic mass is 10.2. The van der Waals surface area contributed by atoms with Gasteiger partial charge >= 0.3 is 0 Å². The Kier molecular flexibility index (Phi) is 12.8. The van der Waals surface area contributed by atoms with E-state index in [1.165, 1.54) is 0 Å². The van der Waals surface area contributed by atoms with Gasteiger partial charge in [-0.2, -0.15) is 4.31 Å². The molecule has 1 aromatic carbocycles. The molecule has 2 N–H and O–H groups in total. The highest BCUT2D eigenvalue weighted by molar-refractivity contribution is 14.0. The van der Waals surface area contributed by atoms with Crippen LogP contribution >= 0.6 is 24.0 Å². The number of sulfonamides is 1. The van der Waals surface area contributed by atoms with Gasteiger partial charge < -0.3 is 15.4 Å². The van der Waals surface area contributed by atoms with Crippen LogP contribution in [0.4, 0.5) is 0 Å². The Hall–Kier alpha value is -0.910. The number of guanidine groups is 1. The molecule has 1 heterocycles. The van der Waals surface area contributed by atoms with Crippen LogP contribution in [0.15, 0.2) is 34.2 Å². The van der Waals surface area contributed by atoms with Crippen LogP contribution in [0.2, 0.25) is 0 Å². The van der Waals surface area contributed by atoms with Gasteiger partial charge in [-0.05, 0) is 50.8 Å². The number of hydrogen-bond donors (Lipinski definition) is 2. The first-order valence-electron chi connectivity index (χ1n) is 10.3. The van der Waals surface area contributed by atoms with E-state index in [1.54, 1.807) is 22.5 Å². The number of piperidine rings is 1. The summed E-state index contributed by atoms with van der Waals surface area (Å²) in [6.45, 7) is 8.63. The number of nitrogens with one attached hydrogen (secondary N) is 2. The summed E-state index contributed by atoms with van der Waals surface area (Å²) in [7, 11) is -3.42. The van der Waals surface area contributed by atoms with E-state index in [0.29, 0.717) is 24.5 Å². The largest absolute Gasteiger partial charge is 0.382 e. The third kappa shape index (κ3) is 8.77. The predicted molar refractivity (Wildman–Crippen MR) is 128 cm³/mol. The minimum absolute atomic E-state index is 0. The van der Waals surface area contributed by atoms with Crippen molar-refractivity contribution in [3.05, 3.63) is 29.8 Å². The molecule has 1 fully saturated rings. The normalized spacial score (nSPS) is 15.6. The van der Waals surface area contributed by atoms with Gasteiger partial charge in [-0.15, -0.1) is 24.0 Å². The summed E-state index contributed by atoms with van der Waals surface area (Å²) in [5.41, 5.74) is 0.879. The maximum atomic E-state index is 12.9. The van der Waals surface area contributed by atoms with E-state index in [9.17, 15) is 8.42 Å². The van der Waals surface area contributed by atoms with Crippen molar-refractivity contribution >= 4 is 40.0 Å². The maximum absolute atomic E-state index is 12.9. The van der Waals surface area contributed by atoms with Crippen LogP contribution in [0.25, 0.3) is 0 Å². The molecule has 9 heteroatoms. The van der Waals surface area contributed by atoms with Crippen LogP contribution in [0.5, 0.6) is 0 Å². The van der Waals surface area contributed by atoms with E-state index in [-0.39, 0.29) is 24.0 Å². The van der Waals surface area contributed by atoms with Crippen molar-refractivity contribution in [3.63, 3.8) is 0 Å². The van der Waals surface area contributed by atoms with Gasteiger partial charge in [0, 0.05) is 39.4 Å². The van der Waals surface area contributed by atoms with E-state index in [1.807, 2.05) is 19.9 Å². The Morgan fingerprint density at radius 1 is 1.17 bits per heavy atom. The van der Waals surface area contributed by atoms with Crippen LogP contribution in [-0.2, 0) is 21.3 Å². The van der Waals surface area contributed by atoms with Crippen LogP contribution in [-0.4, -0.2) is 58.1 Å². The summed E-state index contributed by atoms with van der Waals surface area (Å²) >= 11 is 0. The number of halogens is 1. The Morgan fingerprint density at radius 2 is 1.93 bits per heavy atom. The molecule has 29 heavy (non-hydrogen) atoms. The van der Waals surface area contributed by atoms with Crippen molar-refractivity contribution in [1.29, 1.82) is 0 Å². The van der Waals surface area contributed by atoms with E-state index in [2.05, 4.69) is 15.6 Å². The lowest BCUT2D eigenvalue weighted by Crippen LogP contribution is -2.38. The molecule has 0 spiro atoms. The molecule has 1 saturated heterocycles. The summed E-state index contributed by atoms with van der Waals surface area (Å²) in [5.74, 6) is 0.725. The van der Waals surface area contributed by atoms with Gasteiger partial charge in [0.05, 0.1) is 11.4 Å². The molecule has 0 radical (unpaired) electrons. The van der Waals surface area contributed by atoms with Crippen molar-refractivity contribution in [2.75, 3.05) is 39.4 Å². The first-order chi connectivity index (χ1) is 13.6. The molecule has 1 aliphatic rings. The van der Waals surface area contributed by atoms with Gasteiger partial charge in [0.1, 0.15) is 0 Å². The highest BCUT2D eigenvalue weighted by Gasteiger charge is 2.25. The van der Waals surface area contributed by atoms with Crippen molar-refractivity contribution in [1.82, 2.24) is 14.9 Å². The zero-order valence-electron chi connectivity index (χ0n) is 17.5. The third-order valence-corrected chi connectivity index (χ3v) is 6.47. The second kappa shape index (κ2) is 14.2. The molecule has 1 aromatic rings. The number of aliphatic imine (C=N–C) groups is 1. The van der Waals surface area contributed by atoms with Crippen molar-refractivity contribution < 1.29 is 13.2 Å². The maximum Gasteiger partial charge on any atom is 0.243 e. The monoisotopic (exact) mass is 538 g/mol. The predicted octanol–water partition coefficient (Wildman–Crippen LogP) is 2.96. The van der Waals surface area contributed by atoms with Gasteiger partial charge in [-0.25, -0.2) is 13.4 Å². The molecule has 0 atom stereocenters. The molecule has 0 amide bonds. The molecule has 0 aliphatic carbocycles. The molecule has 166 valence electrons. The van der Waals surface area contributed by atoms with Crippen LogP contribution in [0.3, 0.4) is 0 Å². The third-order valence-electron chi connectivity index (χ3n) is 4.58. The van der Waals surface area contributed by atoms with Crippen molar-refractivity contribution in [2.24, 2.45) is 4.99 Å². The summed E-state index contributed by atoms with van der Waals surface area (Å²) < 4.78 is 32.7. The molecule has 0 bridgehead atoms. The first-order valence-corrected chi connectivity index (χ1v) is 11.7. The smallest absolute Gasteiger partial charge is 0.243 e. The lowest BCUT2D eigenvalue weighted by Gasteiger charge is -2.26. The highest BCUT2D eigenvalue weighted by atomic mass is 127. The second-order valence-electron chi connectivity index (χ2n) is 6.78. The quantitative estimate of drug-likeness (QED) is 0.207. The molecular weight excluding hydrogens is 503 g/mol. The molecular formula is C20H35IN4O3S. The van der Waals surface area contributed by atoms with Crippen LogP contribution in [0.1, 0.15) is 45.1 Å². The lowest BCUT2D eigenvalue weighted by molar-refractivity contribution is 0.145. The zero-order valence-corrected chi connectivity index (χ0v) is 20.7. The topological polar surface area (TPSA) is 83.0 Å². The van der Waals surface area contributed by atoms with Crippen LogP contribution in [0, 0.1) is 0 Å². The highest BCUT2D eigenvalue weighted by Crippen LogP contribution is 2.21. The fourth-order valence-corrected chi connectivity index (χ4v) is 4.68. The number of rotatable bonds is 10. The standard InChI is InChI=1S/C20H34N4O3S.HI/c1-3-21-20(22-12-9-15-27-4-2)23-17-18-10-8-11-19(16-18)28(25,26)24-13-6-5-7-14-24;/h8,10-11,16H,3-7,9,12-15,17H2,1-2H3,(H2,21,22,23);1H. The van der Waals surface area contributed by atoms with Gasteiger partial charge in [-0.1, -0.05) is 18.6 Å². The summed E-state index contributed by atoms with van der Waals surface area (Å²) in [6.07, 6.45) is 3.88. The Balaban J connectivity index is 0.00000420. The van der Waals surface area contributed by atoms with Gasteiger partial charge in [0.25, 0.3) is 0 Å². The summed E-state index contributed by atoms with van der Waals surface area (Å²) in [5, 5.41) is 6.49. The Morgan fingerprint density at radius 3 is 2.62 bits per heavy atom. The van der Waals surface area contributed by atoms with Gasteiger partial charge in [-0.3, -0.25) is 0 Å². The van der Waals surface area contributed by atoms with E-state index in [4.69, 9.17) is 4.74 Å². The minimum atomic E-state index is -3.42. The summed E-state index contributed by atoms with van der Waals surface area (Å²) in [6, 6.07) is 7.13. The second-order valence-corrected chi connectivity index (χ2v) is 8.72. The van der Waals surface area contributed by atoms with E-state index >= 15 is 0 Å². The fourth-order valence-electron chi connectivity index (χ4n) is 3.10. The molecule has 7 nitrogen and oxygen atoms in total. The van der Waals surface area contributed by atoms with Crippen molar-refractivity contribution in [2.45, 2.75) is 51.0 Å². The minimum Gasteiger partial charge on any atom is -0.382 e. The fraction of sp³-hybridized carbons (Fsp3) is 0.650. The number of benzene rings is 1. The van der Waals surface area contributed by atoms with Gasteiger partial charge in [0.2, 0.25) is 10.0 Å². The summed E-state index contributed by atoms with van der Waals surface area (Å²) in [4.78, 5) is 4.94. The molecule has 2 rings (SSSR count). The van der Waals surface area contributed by atoms with Crippen LogP contribution < -0.4 is 10.6 Å². The van der Waals surface area contributed by atoms with Gasteiger partial charge in [0.15, 0.2) is 5.96 Å². The Bertz CT molecular complexity index is 722. The van der Waals surface area contributed by atoms with E-state index < -0.39 is 10.0 Å². The first kappa shape index (κ1) is 26.1. The average molecular weight is 538 g/mol. The molecule has 0 unspecified atom stereocenters.